The van der Waals surface area contributed by atoms with E-state index in [9.17, 15) is 21.6 Å². The second-order valence-corrected chi connectivity index (χ2v) is 14.0. The summed E-state index contributed by atoms with van der Waals surface area (Å²) in [6.07, 6.45) is 1.19. The molecule has 1 aliphatic rings. The molecule has 0 spiro atoms. The number of primary sulfonamides is 1. The standard InChI is InChI=1S/C27H28N2O5S3/c1-27(2,3)29-26(30)16-25(37(29,33)34)22-13-9-20(10-14-22)18-35-17-19-7-11-21(12-8-19)23-5-4-6-24(15-23)36(28,31)32/h4-16H,17-18H2,1-3H3,(H2,28,31,32). The molecule has 0 fully saturated rings. The Kier molecular flexibility index (Phi) is 7.40. The van der Waals surface area contributed by atoms with Crippen LogP contribution in [0.25, 0.3) is 16.0 Å². The Bertz CT molecular complexity index is 1570. The van der Waals surface area contributed by atoms with Gasteiger partial charge in [-0.3, -0.25) is 4.79 Å². The van der Waals surface area contributed by atoms with E-state index in [1.54, 1.807) is 56.8 Å². The van der Waals surface area contributed by atoms with Crippen molar-refractivity contribution in [2.75, 3.05) is 0 Å². The number of nitrogens with zero attached hydrogens (tertiary/aromatic N) is 1. The molecule has 0 saturated heterocycles. The largest absolute Gasteiger partial charge is 0.269 e. The van der Waals surface area contributed by atoms with Gasteiger partial charge in [0.05, 0.1) is 10.4 Å². The molecular formula is C27H28N2O5S3. The number of hydrogen-bond donors (Lipinski definition) is 1. The minimum absolute atomic E-state index is 0.0290. The van der Waals surface area contributed by atoms with E-state index in [1.165, 1.54) is 12.1 Å². The van der Waals surface area contributed by atoms with Gasteiger partial charge < -0.3 is 0 Å². The highest BCUT2D eigenvalue weighted by atomic mass is 32.2. The van der Waals surface area contributed by atoms with Crippen molar-refractivity contribution in [2.45, 2.75) is 42.7 Å². The zero-order valence-corrected chi connectivity index (χ0v) is 23.2. The van der Waals surface area contributed by atoms with E-state index in [2.05, 4.69) is 0 Å². The van der Waals surface area contributed by atoms with Crippen LogP contribution in [-0.2, 0) is 36.3 Å². The third-order valence-corrected chi connectivity index (χ3v) is 9.91. The Morgan fingerprint density at radius 1 is 0.838 bits per heavy atom. The first-order chi connectivity index (χ1) is 17.3. The smallest absolute Gasteiger partial charge is 0.268 e. The van der Waals surface area contributed by atoms with Gasteiger partial charge in [0.15, 0.2) is 0 Å². The Balaban J connectivity index is 1.37. The summed E-state index contributed by atoms with van der Waals surface area (Å²) in [6.45, 7) is 5.08. The number of thioether (sulfide) groups is 1. The zero-order valence-electron chi connectivity index (χ0n) is 20.7. The molecule has 1 heterocycles. The monoisotopic (exact) mass is 556 g/mol. The number of nitrogens with two attached hydrogens (primary N) is 1. The highest BCUT2D eigenvalue weighted by molar-refractivity contribution is 7.99. The van der Waals surface area contributed by atoms with E-state index < -0.39 is 31.5 Å². The second kappa shape index (κ2) is 10.1. The van der Waals surface area contributed by atoms with Gasteiger partial charge in [0, 0.05) is 17.6 Å². The third-order valence-electron chi connectivity index (χ3n) is 5.81. The SMILES string of the molecule is CC(C)(C)N1C(=O)C=C(c2ccc(CSCc3ccc(-c4cccc(S(N)(=O)=O)c4)cc3)cc2)S1(=O)=O. The highest BCUT2D eigenvalue weighted by Gasteiger charge is 2.44. The van der Waals surface area contributed by atoms with E-state index >= 15 is 0 Å². The van der Waals surface area contributed by atoms with Crippen LogP contribution >= 0.6 is 11.8 Å². The van der Waals surface area contributed by atoms with Gasteiger partial charge in [0.2, 0.25) is 10.0 Å². The molecule has 0 aromatic heterocycles. The lowest BCUT2D eigenvalue weighted by Gasteiger charge is -2.30. The molecule has 3 aromatic carbocycles. The first-order valence-electron chi connectivity index (χ1n) is 11.5. The quantitative estimate of drug-likeness (QED) is 0.449. The minimum Gasteiger partial charge on any atom is -0.269 e. The van der Waals surface area contributed by atoms with Gasteiger partial charge in [-0.15, -0.1) is 0 Å². The molecule has 0 aliphatic carbocycles. The summed E-state index contributed by atoms with van der Waals surface area (Å²) in [5.41, 5.74) is 3.50. The van der Waals surface area contributed by atoms with Crippen molar-refractivity contribution in [3.63, 3.8) is 0 Å². The van der Waals surface area contributed by atoms with Gasteiger partial charge in [-0.25, -0.2) is 26.3 Å². The maximum atomic E-state index is 12.9. The molecule has 194 valence electrons. The second-order valence-electron chi connectivity index (χ2n) is 9.75. The van der Waals surface area contributed by atoms with Gasteiger partial charge in [0.25, 0.3) is 15.9 Å². The summed E-state index contributed by atoms with van der Waals surface area (Å²) >= 11 is 1.72. The lowest BCUT2D eigenvalue weighted by Crippen LogP contribution is -2.45. The summed E-state index contributed by atoms with van der Waals surface area (Å²) in [7, 11) is -7.64. The zero-order chi connectivity index (χ0) is 27.0. The lowest BCUT2D eigenvalue weighted by molar-refractivity contribution is -0.123. The number of sulfonamides is 2. The van der Waals surface area contributed by atoms with Gasteiger partial charge in [-0.1, -0.05) is 60.7 Å². The molecule has 0 radical (unpaired) electrons. The fourth-order valence-electron chi connectivity index (χ4n) is 4.08. The van der Waals surface area contributed by atoms with Crippen molar-refractivity contribution in [3.05, 3.63) is 95.6 Å². The minimum atomic E-state index is -3.88. The van der Waals surface area contributed by atoms with Crippen LogP contribution in [0.15, 0.2) is 83.8 Å². The van der Waals surface area contributed by atoms with Crippen LogP contribution < -0.4 is 5.14 Å². The maximum Gasteiger partial charge on any atom is 0.268 e. The lowest BCUT2D eigenvalue weighted by atomic mass is 10.0. The van der Waals surface area contributed by atoms with Crippen molar-refractivity contribution in [1.82, 2.24) is 4.31 Å². The Labute approximate surface area is 222 Å². The van der Waals surface area contributed by atoms with Crippen LogP contribution in [-0.4, -0.2) is 32.6 Å². The van der Waals surface area contributed by atoms with Crippen LogP contribution in [0.4, 0.5) is 0 Å². The van der Waals surface area contributed by atoms with Gasteiger partial charge in [0.1, 0.15) is 4.91 Å². The molecule has 1 aliphatic heterocycles. The predicted molar refractivity (Wildman–Crippen MR) is 148 cm³/mol. The van der Waals surface area contributed by atoms with Crippen LogP contribution in [0.2, 0.25) is 0 Å². The number of carbonyl (C=O) groups is 1. The summed E-state index contributed by atoms with van der Waals surface area (Å²) in [6, 6.07) is 21.7. The average molecular weight is 557 g/mol. The van der Waals surface area contributed by atoms with Crippen LogP contribution in [0, 0.1) is 0 Å². The predicted octanol–water partition coefficient (Wildman–Crippen LogP) is 4.75. The van der Waals surface area contributed by atoms with Crippen LogP contribution in [0.5, 0.6) is 0 Å². The van der Waals surface area contributed by atoms with Crippen LogP contribution in [0.3, 0.4) is 0 Å². The Morgan fingerprint density at radius 2 is 1.38 bits per heavy atom. The molecule has 4 rings (SSSR count). The molecule has 1 amide bonds. The summed E-state index contributed by atoms with van der Waals surface area (Å²) in [5, 5.41) is 5.23. The van der Waals surface area contributed by atoms with E-state index in [0.29, 0.717) is 5.56 Å². The molecule has 0 unspecified atom stereocenters. The van der Waals surface area contributed by atoms with Gasteiger partial charge in [-0.05, 0) is 60.7 Å². The van der Waals surface area contributed by atoms with E-state index in [4.69, 9.17) is 5.14 Å². The van der Waals surface area contributed by atoms with Crippen molar-refractivity contribution >= 4 is 42.6 Å². The number of amides is 1. The molecule has 7 nitrogen and oxygen atoms in total. The Morgan fingerprint density at radius 3 is 1.86 bits per heavy atom. The van der Waals surface area contributed by atoms with Gasteiger partial charge >= 0.3 is 0 Å². The number of benzene rings is 3. The molecule has 3 aromatic rings. The van der Waals surface area contributed by atoms with Crippen LogP contribution in [0.1, 0.15) is 37.5 Å². The maximum absolute atomic E-state index is 12.9. The van der Waals surface area contributed by atoms with Crippen molar-refractivity contribution < 1.29 is 21.6 Å². The molecule has 37 heavy (non-hydrogen) atoms. The first-order valence-corrected chi connectivity index (χ1v) is 15.6. The number of carbonyl (C=O) groups excluding carboxylic acids is 1. The van der Waals surface area contributed by atoms with Crippen molar-refractivity contribution in [3.8, 4) is 11.1 Å². The van der Waals surface area contributed by atoms with Crippen molar-refractivity contribution in [1.29, 1.82) is 0 Å². The normalized spacial score (nSPS) is 15.6. The van der Waals surface area contributed by atoms with E-state index in [-0.39, 0.29) is 9.80 Å². The summed E-state index contributed by atoms with van der Waals surface area (Å²) < 4.78 is 50.0. The molecule has 0 bridgehead atoms. The molecular weight excluding hydrogens is 529 g/mol. The van der Waals surface area contributed by atoms with Crippen molar-refractivity contribution in [2.24, 2.45) is 5.14 Å². The third kappa shape index (κ3) is 5.98. The first kappa shape index (κ1) is 27.1. The molecule has 0 saturated carbocycles. The number of hydrogen-bond acceptors (Lipinski definition) is 6. The number of rotatable bonds is 7. The molecule has 2 N–H and O–H groups in total. The fourth-order valence-corrected chi connectivity index (χ4v) is 7.49. The fraction of sp³-hybridized carbons (Fsp3) is 0.222. The topological polar surface area (TPSA) is 115 Å². The summed E-state index contributed by atoms with van der Waals surface area (Å²) in [5.74, 6) is 0.982. The molecule has 0 atom stereocenters. The van der Waals surface area contributed by atoms with E-state index in [1.807, 2.05) is 42.5 Å². The highest BCUT2D eigenvalue weighted by Crippen LogP contribution is 2.35. The molecule has 10 heteroatoms. The van der Waals surface area contributed by atoms with E-state index in [0.717, 1.165) is 38.1 Å². The Hall–Kier alpha value is -2.92. The van der Waals surface area contributed by atoms with Gasteiger partial charge in [-0.2, -0.15) is 11.8 Å². The summed E-state index contributed by atoms with van der Waals surface area (Å²) in [4.78, 5) is 12.5. The average Bonchev–Trinajstić information content (AvgIpc) is 3.08.